The van der Waals surface area contributed by atoms with Crippen LogP contribution >= 0.6 is 0 Å². The molecule has 1 saturated heterocycles. The molecule has 2 aromatic rings. The Bertz CT molecular complexity index is 578. The van der Waals surface area contributed by atoms with E-state index in [4.69, 9.17) is 4.74 Å². The van der Waals surface area contributed by atoms with E-state index in [9.17, 15) is 0 Å². The van der Waals surface area contributed by atoms with E-state index in [0.717, 1.165) is 18.8 Å². The first-order valence-corrected chi connectivity index (χ1v) is 7.50. The number of piperidine rings is 1. The Hall–Kier alpha value is -1.88. The van der Waals surface area contributed by atoms with Gasteiger partial charge in [-0.05, 0) is 37.6 Å². The molecule has 3 heterocycles. The minimum Gasteiger partial charge on any atom is -0.480 e. The Morgan fingerprint density at radius 3 is 2.81 bits per heavy atom. The molecule has 1 aliphatic heterocycles. The number of likely N-dealkylation sites (tertiary alicyclic amines) is 1. The molecule has 0 saturated carbocycles. The van der Waals surface area contributed by atoms with Gasteiger partial charge in [0.15, 0.2) is 0 Å². The Labute approximate surface area is 125 Å². The quantitative estimate of drug-likeness (QED) is 0.866. The summed E-state index contributed by atoms with van der Waals surface area (Å²) < 4.78 is 7.29. The maximum Gasteiger partial charge on any atom is 0.233 e. The van der Waals surface area contributed by atoms with Crippen molar-refractivity contribution in [1.82, 2.24) is 19.7 Å². The van der Waals surface area contributed by atoms with Crippen molar-refractivity contribution >= 4 is 0 Å². The predicted molar refractivity (Wildman–Crippen MR) is 81.0 cm³/mol. The molecule has 112 valence electrons. The number of nitrogens with zero attached hydrogens (tertiary/aromatic N) is 4. The fraction of sp³-hybridized carbons (Fsp3) is 0.500. The maximum absolute atomic E-state index is 5.06. The fourth-order valence-corrected chi connectivity index (χ4v) is 3.08. The van der Waals surface area contributed by atoms with Gasteiger partial charge in [-0.3, -0.25) is 4.90 Å². The van der Waals surface area contributed by atoms with Crippen LogP contribution in [0.15, 0.2) is 30.5 Å². The summed E-state index contributed by atoms with van der Waals surface area (Å²) in [5.41, 5.74) is 2.38. The Morgan fingerprint density at radius 2 is 2.14 bits per heavy atom. The number of hydrogen-bond donors (Lipinski definition) is 0. The van der Waals surface area contributed by atoms with E-state index in [1.807, 2.05) is 12.1 Å². The van der Waals surface area contributed by atoms with Gasteiger partial charge >= 0.3 is 0 Å². The molecule has 0 bridgehead atoms. The first-order valence-electron chi connectivity index (χ1n) is 7.50. The molecule has 5 nitrogen and oxygen atoms in total. The van der Waals surface area contributed by atoms with Crippen molar-refractivity contribution in [2.45, 2.75) is 31.8 Å². The Balaban J connectivity index is 1.76. The van der Waals surface area contributed by atoms with Gasteiger partial charge in [-0.1, -0.05) is 6.42 Å². The Morgan fingerprint density at radius 1 is 1.24 bits per heavy atom. The van der Waals surface area contributed by atoms with Crippen LogP contribution in [0, 0.1) is 0 Å². The van der Waals surface area contributed by atoms with Crippen LogP contribution in [-0.4, -0.2) is 33.3 Å². The van der Waals surface area contributed by atoms with E-state index in [-0.39, 0.29) is 0 Å². The van der Waals surface area contributed by atoms with Crippen LogP contribution in [0.5, 0.6) is 5.88 Å². The van der Waals surface area contributed by atoms with Gasteiger partial charge in [-0.15, -0.1) is 5.10 Å². The van der Waals surface area contributed by atoms with E-state index in [2.05, 4.69) is 45.0 Å². The topological polar surface area (TPSA) is 43.2 Å². The van der Waals surface area contributed by atoms with Gasteiger partial charge in [0.05, 0.1) is 18.8 Å². The standard InChI is InChI=1S/C16H22N4O/c1-19-10-5-7-14(19)15-6-3-4-11-20(15)12-13-8-9-16(21-2)18-17-13/h5,7-10,15H,3-4,6,11-12H2,1-2H3/t15-/m0/s1. The van der Waals surface area contributed by atoms with Gasteiger partial charge in [0.2, 0.25) is 5.88 Å². The summed E-state index contributed by atoms with van der Waals surface area (Å²) in [6.45, 7) is 1.95. The molecule has 0 spiro atoms. The molecule has 0 aliphatic carbocycles. The number of hydrogen-bond acceptors (Lipinski definition) is 4. The van der Waals surface area contributed by atoms with Crippen molar-refractivity contribution in [2.24, 2.45) is 7.05 Å². The average Bonchev–Trinajstić information content (AvgIpc) is 2.95. The number of aromatic nitrogens is 3. The largest absolute Gasteiger partial charge is 0.480 e. The fourth-order valence-electron chi connectivity index (χ4n) is 3.08. The lowest BCUT2D eigenvalue weighted by Crippen LogP contribution is -2.34. The average molecular weight is 286 g/mol. The molecule has 21 heavy (non-hydrogen) atoms. The second-order valence-corrected chi connectivity index (χ2v) is 5.59. The summed E-state index contributed by atoms with van der Waals surface area (Å²) in [5, 5.41) is 8.32. The highest BCUT2D eigenvalue weighted by molar-refractivity contribution is 5.15. The lowest BCUT2D eigenvalue weighted by Gasteiger charge is -2.35. The van der Waals surface area contributed by atoms with Crippen LogP contribution in [0.3, 0.4) is 0 Å². The minimum absolute atomic E-state index is 0.475. The van der Waals surface area contributed by atoms with E-state index in [1.165, 1.54) is 25.0 Å². The zero-order valence-corrected chi connectivity index (χ0v) is 12.7. The van der Waals surface area contributed by atoms with Crippen molar-refractivity contribution in [3.63, 3.8) is 0 Å². The maximum atomic E-state index is 5.06. The van der Waals surface area contributed by atoms with Crippen LogP contribution in [0.1, 0.15) is 36.7 Å². The third kappa shape index (κ3) is 3.08. The number of ether oxygens (including phenoxy) is 1. The zero-order chi connectivity index (χ0) is 14.7. The molecule has 5 heteroatoms. The predicted octanol–water partition coefficient (Wildman–Crippen LogP) is 2.55. The smallest absolute Gasteiger partial charge is 0.233 e. The molecular weight excluding hydrogens is 264 g/mol. The normalized spacial score (nSPS) is 19.6. The minimum atomic E-state index is 0.475. The summed E-state index contributed by atoms with van der Waals surface area (Å²) in [6.07, 6.45) is 5.88. The van der Waals surface area contributed by atoms with E-state index >= 15 is 0 Å². The molecule has 1 atom stereocenters. The van der Waals surface area contributed by atoms with Crippen LogP contribution in [0.4, 0.5) is 0 Å². The second kappa shape index (κ2) is 6.26. The highest BCUT2D eigenvalue weighted by Gasteiger charge is 2.25. The van der Waals surface area contributed by atoms with E-state index in [0.29, 0.717) is 11.9 Å². The third-order valence-electron chi connectivity index (χ3n) is 4.21. The SMILES string of the molecule is COc1ccc(CN2CCCC[C@H]2c2cccn2C)nn1. The highest BCUT2D eigenvalue weighted by atomic mass is 16.5. The molecule has 0 amide bonds. The summed E-state index contributed by atoms with van der Waals surface area (Å²) >= 11 is 0. The first-order chi connectivity index (χ1) is 10.3. The lowest BCUT2D eigenvalue weighted by molar-refractivity contribution is 0.133. The monoisotopic (exact) mass is 286 g/mol. The van der Waals surface area contributed by atoms with Crippen LogP contribution in [0.25, 0.3) is 0 Å². The zero-order valence-electron chi connectivity index (χ0n) is 12.7. The van der Waals surface area contributed by atoms with Crippen molar-refractivity contribution in [3.05, 3.63) is 41.9 Å². The number of methoxy groups -OCH3 is 1. The molecule has 0 unspecified atom stereocenters. The third-order valence-corrected chi connectivity index (χ3v) is 4.21. The van der Waals surface area contributed by atoms with Gasteiger partial charge in [-0.25, -0.2) is 0 Å². The van der Waals surface area contributed by atoms with Gasteiger partial charge in [0.1, 0.15) is 0 Å². The van der Waals surface area contributed by atoms with Gasteiger partial charge in [0, 0.05) is 31.5 Å². The molecule has 1 aliphatic rings. The molecule has 3 rings (SSSR count). The van der Waals surface area contributed by atoms with E-state index < -0.39 is 0 Å². The summed E-state index contributed by atoms with van der Waals surface area (Å²) in [7, 11) is 3.73. The lowest BCUT2D eigenvalue weighted by atomic mass is 9.99. The summed E-state index contributed by atoms with van der Waals surface area (Å²) in [6, 6.07) is 8.70. The van der Waals surface area contributed by atoms with Crippen molar-refractivity contribution < 1.29 is 4.74 Å². The number of rotatable bonds is 4. The molecule has 0 aromatic carbocycles. The number of aryl methyl sites for hydroxylation is 1. The van der Waals surface area contributed by atoms with Crippen molar-refractivity contribution in [1.29, 1.82) is 0 Å². The van der Waals surface area contributed by atoms with Crippen LogP contribution in [0.2, 0.25) is 0 Å². The van der Waals surface area contributed by atoms with Gasteiger partial charge in [-0.2, -0.15) is 5.10 Å². The van der Waals surface area contributed by atoms with Gasteiger partial charge < -0.3 is 9.30 Å². The second-order valence-electron chi connectivity index (χ2n) is 5.59. The van der Waals surface area contributed by atoms with Crippen LogP contribution in [-0.2, 0) is 13.6 Å². The molecule has 0 N–H and O–H groups in total. The molecule has 0 radical (unpaired) electrons. The summed E-state index contributed by atoms with van der Waals surface area (Å²) in [5.74, 6) is 0.566. The molecule has 1 fully saturated rings. The van der Waals surface area contributed by atoms with E-state index in [1.54, 1.807) is 7.11 Å². The van der Waals surface area contributed by atoms with Gasteiger partial charge in [0.25, 0.3) is 0 Å². The summed E-state index contributed by atoms with van der Waals surface area (Å²) in [4.78, 5) is 2.51. The molecule has 2 aromatic heterocycles. The van der Waals surface area contributed by atoms with Crippen molar-refractivity contribution in [2.75, 3.05) is 13.7 Å². The van der Waals surface area contributed by atoms with Crippen molar-refractivity contribution in [3.8, 4) is 5.88 Å². The highest BCUT2D eigenvalue weighted by Crippen LogP contribution is 2.31. The first kappa shape index (κ1) is 14.1. The molecular formula is C16H22N4O. The van der Waals surface area contributed by atoms with Crippen LogP contribution < -0.4 is 4.74 Å². The Kier molecular flexibility index (Phi) is 4.20.